The van der Waals surface area contributed by atoms with Gasteiger partial charge in [0.25, 0.3) is 0 Å². The Morgan fingerprint density at radius 1 is 1.26 bits per heavy atom. The highest BCUT2D eigenvalue weighted by molar-refractivity contribution is 7.86. The summed E-state index contributed by atoms with van der Waals surface area (Å²) in [6.45, 7) is 8.58. The fourth-order valence-corrected chi connectivity index (χ4v) is 3.38. The normalized spacial score (nSPS) is 13.6. The average molecular weight is 330 g/mol. The number of rotatable bonds is 4. The van der Waals surface area contributed by atoms with Crippen molar-refractivity contribution < 1.29 is 4.21 Å². The van der Waals surface area contributed by atoms with Gasteiger partial charge in [0.2, 0.25) is 0 Å². The minimum atomic E-state index is -0.876. The molecule has 2 aromatic heterocycles. The van der Waals surface area contributed by atoms with Gasteiger partial charge in [-0.2, -0.15) is 5.10 Å². The van der Waals surface area contributed by atoms with Gasteiger partial charge >= 0.3 is 0 Å². The summed E-state index contributed by atoms with van der Waals surface area (Å²) in [6, 6.07) is 10.0. The van der Waals surface area contributed by atoms with Crippen LogP contribution in [0.4, 0.5) is 5.82 Å². The number of hydrogen-bond donors (Lipinski definition) is 1. The Bertz CT molecular complexity index is 879. The molecule has 0 saturated carbocycles. The molecule has 0 saturated heterocycles. The maximum absolute atomic E-state index is 12.2. The van der Waals surface area contributed by atoms with Crippen molar-refractivity contribution in [1.82, 2.24) is 14.6 Å². The minimum Gasteiger partial charge on any atom is -0.369 e. The maximum atomic E-state index is 12.2. The monoisotopic (exact) mass is 330 g/mol. The summed E-state index contributed by atoms with van der Waals surface area (Å²) in [5.41, 5.74) is 2.78. The van der Waals surface area contributed by atoms with Gasteiger partial charge in [-0.15, -0.1) is 0 Å². The topological polar surface area (TPSA) is 59.3 Å². The Morgan fingerprint density at radius 2 is 2.00 bits per heavy atom. The van der Waals surface area contributed by atoms with E-state index in [0.717, 1.165) is 28.1 Å². The van der Waals surface area contributed by atoms with Crippen molar-refractivity contribution >= 4 is 33.2 Å². The molecule has 0 fully saturated rings. The SMILES string of the molecule is Cc1cc2nc(NCC[S@@](=O)C(C)(C)C)c3ccccc3n2n1. The van der Waals surface area contributed by atoms with Gasteiger partial charge in [0.15, 0.2) is 5.65 Å². The Labute approximate surface area is 138 Å². The second-order valence-electron chi connectivity index (χ2n) is 6.62. The van der Waals surface area contributed by atoms with Gasteiger partial charge in [-0.25, -0.2) is 9.50 Å². The third-order valence-corrected chi connectivity index (χ3v) is 5.63. The third kappa shape index (κ3) is 3.22. The van der Waals surface area contributed by atoms with Crippen molar-refractivity contribution in [3.8, 4) is 0 Å². The first-order valence-electron chi connectivity index (χ1n) is 7.74. The van der Waals surface area contributed by atoms with Crippen LogP contribution in [0.5, 0.6) is 0 Å². The number of fused-ring (bicyclic) bond motifs is 3. The smallest absolute Gasteiger partial charge is 0.158 e. The second kappa shape index (κ2) is 5.92. The van der Waals surface area contributed by atoms with Crippen molar-refractivity contribution in [2.75, 3.05) is 17.6 Å². The maximum Gasteiger partial charge on any atom is 0.158 e. The van der Waals surface area contributed by atoms with Crippen LogP contribution in [0, 0.1) is 6.92 Å². The predicted molar refractivity (Wildman–Crippen MR) is 96.5 cm³/mol. The van der Waals surface area contributed by atoms with Crippen LogP contribution in [0.1, 0.15) is 26.5 Å². The summed E-state index contributed by atoms with van der Waals surface area (Å²) in [4.78, 5) is 4.67. The van der Waals surface area contributed by atoms with E-state index in [1.807, 2.05) is 62.5 Å². The van der Waals surface area contributed by atoms with Crippen molar-refractivity contribution in [3.05, 3.63) is 36.0 Å². The molecule has 23 heavy (non-hydrogen) atoms. The molecular weight excluding hydrogens is 308 g/mol. The molecule has 3 rings (SSSR count). The number of aryl methyl sites for hydroxylation is 1. The van der Waals surface area contributed by atoms with Crippen LogP contribution in [0.25, 0.3) is 16.6 Å². The van der Waals surface area contributed by atoms with E-state index in [9.17, 15) is 4.21 Å². The van der Waals surface area contributed by atoms with E-state index < -0.39 is 10.8 Å². The molecule has 0 unspecified atom stereocenters. The van der Waals surface area contributed by atoms with Gasteiger partial charge in [0.1, 0.15) is 5.82 Å². The molecule has 2 heterocycles. The molecule has 0 radical (unpaired) electrons. The molecule has 0 bridgehead atoms. The number of aromatic nitrogens is 3. The molecule has 5 nitrogen and oxygen atoms in total. The molecule has 0 spiro atoms. The Balaban J connectivity index is 1.92. The number of anilines is 1. The summed E-state index contributed by atoms with van der Waals surface area (Å²) in [6.07, 6.45) is 0. The molecule has 0 amide bonds. The largest absolute Gasteiger partial charge is 0.369 e. The Kier molecular flexibility index (Phi) is 4.10. The molecule has 1 N–H and O–H groups in total. The standard InChI is InChI=1S/C17H22N4OS/c1-12-11-15-19-16(18-9-10-23(22)17(2,3)4)13-7-5-6-8-14(13)21(15)20-12/h5-8,11H,9-10H2,1-4H3,(H,18,19)/t23-/m1/s1. The molecule has 122 valence electrons. The predicted octanol–water partition coefficient (Wildman–Crippen LogP) is 3.15. The van der Waals surface area contributed by atoms with Crippen LogP contribution in [0.15, 0.2) is 30.3 Å². The van der Waals surface area contributed by atoms with Gasteiger partial charge < -0.3 is 5.32 Å². The van der Waals surface area contributed by atoms with Crippen molar-refractivity contribution in [3.63, 3.8) is 0 Å². The summed E-state index contributed by atoms with van der Waals surface area (Å²) >= 11 is 0. The van der Waals surface area contributed by atoms with Gasteiger partial charge in [-0.05, 0) is 39.8 Å². The lowest BCUT2D eigenvalue weighted by atomic mass is 10.2. The second-order valence-corrected chi connectivity index (χ2v) is 8.95. The van der Waals surface area contributed by atoms with Gasteiger partial charge in [-0.1, -0.05) is 12.1 Å². The quantitative estimate of drug-likeness (QED) is 0.798. The van der Waals surface area contributed by atoms with E-state index in [4.69, 9.17) is 0 Å². The summed E-state index contributed by atoms with van der Waals surface area (Å²) in [7, 11) is -0.876. The lowest BCUT2D eigenvalue weighted by Crippen LogP contribution is -2.27. The fraction of sp³-hybridized carbons (Fsp3) is 0.412. The first-order valence-corrected chi connectivity index (χ1v) is 9.05. The average Bonchev–Trinajstić information content (AvgIpc) is 2.86. The molecule has 3 aromatic rings. The van der Waals surface area contributed by atoms with Crippen LogP contribution < -0.4 is 5.32 Å². The molecule has 1 aromatic carbocycles. The zero-order valence-corrected chi connectivity index (χ0v) is 14.8. The third-order valence-electron chi connectivity index (χ3n) is 3.69. The Hall–Kier alpha value is -1.95. The number of nitrogens with one attached hydrogen (secondary N) is 1. The lowest BCUT2D eigenvalue weighted by molar-refractivity contribution is 0.649. The zero-order valence-electron chi connectivity index (χ0n) is 14.0. The number of para-hydroxylation sites is 1. The highest BCUT2D eigenvalue weighted by Crippen LogP contribution is 2.23. The summed E-state index contributed by atoms with van der Waals surface area (Å²) in [5, 5.41) is 8.87. The van der Waals surface area contributed by atoms with E-state index in [1.54, 1.807) is 0 Å². The zero-order chi connectivity index (χ0) is 16.6. The Morgan fingerprint density at radius 3 is 2.74 bits per heavy atom. The van der Waals surface area contributed by atoms with E-state index in [0.29, 0.717) is 12.3 Å². The minimum absolute atomic E-state index is 0.191. The molecular formula is C17H22N4OS. The van der Waals surface area contributed by atoms with Gasteiger partial charge in [0.05, 0.1) is 11.2 Å². The molecule has 1 atom stereocenters. The van der Waals surface area contributed by atoms with Crippen LogP contribution in [-0.4, -0.2) is 35.9 Å². The number of benzene rings is 1. The molecule has 6 heteroatoms. The van der Waals surface area contributed by atoms with Crippen molar-refractivity contribution in [2.45, 2.75) is 32.4 Å². The summed E-state index contributed by atoms with van der Waals surface area (Å²) < 4.78 is 13.8. The van der Waals surface area contributed by atoms with Crippen LogP contribution in [0.3, 0.4) is 0 Å². The highest BCUT2D eigenvalue weighted by Gasteiger charge is 2.19. The molecule has 0 aliphatic rings. The van der Waals surface area contributed by atoms with Crippen LogP contribution in [-0.2, 0) is 10.8 Å². The first-order chi connectivity index (χ1) is 10.9. The number of hydrogen-bond acceptors (Lipinski definition) is 4. The van der Waals surface area contributed by atoms with Gasteiger partial charge in [0, 0.05) is 39.3 Å². The molecule has 0 aliphatic heterocycles. The van der Waals surface area contributed by atoms with Crippen LogP contribution >= 0.6 is 0 Å². The fourth-order valence-electron chi connectivity index (χ4n) is 2.48. The van der Waals surface area contributed by atoms with Gasteiger partial charge in [-0.3, -0.25) is 4.21 Å². The van der Waals surface area contributed by atoms with Crippen molar-refractivity contribution in [2.24, 2.45) is 0 Å². The van der Waals surface area contributed by atoms with Crippen molar-refractivity contribution in [1.29, 1.82) is 0 Å². The molecule has 0 aliphatic carbocycles. The van der Waals surface area contributed by atoms with E-state index in [1.165, 1.54) is 0 Å². The first kappa shape index (κ1) is 15.9. The van der Waals surface area contributed by atoms with E-state index in [2.05, 4.69) is 15.4 Å². The van der Waals surface area contributed by atoms with Crippen LogP contribution in [0.2, 0.25) is 0 Å². The number of nitrogens with zero attached hydrogens (tertiary/aromatic N) is 3. The van der Waals surface area contributed by atoms with E-state index in [-0.39, 0.29) is 4.75 Å². The van der Waals surface area contributed by atoms with E-state index >= 15 is 0 Å². The summed E-state index contributed by atoms with van der Waals surface area (Å²) in [5.74, 6) is 1.42. The highest BCUT2D eigenvalue weighted by atomic mass is 32.2. The lowest BCUT2D eigenvalue weighted by Gasteiger charge is -2.18.